The SMILES string of the molecule is CCNC(=NCCC(OCC)C(C)C)NC(C)C. The molecule has 0 bridgehead atoms. The zero-order chi connectivity index (χ0) is 14.0. The molecule has 18 heavy (non-hydrogen) atoms. The summed E-state index contributed by atoms with van der Waals surface area (Å²) in [5, 5.41) is 6.56. The van der Waals surface area contributed by atoms with Gasteiger partial charge in [-0.1, -0.05) is 13.8 Å². The molecule has 0 heterocycles. The number of hydrogen-bond acceptors (Lipinski definition) is 2. The quantitative estimate of drug-likeness (QED) is 0.518. The molecule has 0 fully saturated rings. The molecule has 0 spiro atoms. The zero-order valence-corrected chi connectivity index (χ0v) is 12.9. The van der Waals surface area contributed by atoms with E-state index in [-0.39, 0.29) is 0 Å². The fourth-order valence-corrected chi connectivity index (χ4v) is 1.72. The Labute approximate surface area is 113 Å². The third-order valence-electron chi connectivity index (χ3n) is 2.58. The van der Waals surface area contributed by atoms with E-state index >= 15 is 0 Å². The van der Waals surface area contributed by atoms with Crippen molar-refractivity contribution in [2.45, 2.75) is 60.1 Å². The maximum atomic E-state index is 5.72. The normalized spacial score (nSPS) is 14.1. The van der Waals surface area contributed by atoms with Crippen molar-refractivity contribution in [3.63, 3.8) is 0 Å². The number of aliphatic imine (C=N–C) groups is 1. The van der Waals surface area contributed by atoms with Crippen molar-refractivity contribution in [1.29, 1.82) is 0 Å². The Balaban J connectivity index is 4.20. The van der Waals surface area contributed by atoms with E-state index in [0.29, 0.717) is 18.1 Å². The zero-order valence-electron chi connectivity index (χ0n) is 12.9. The van der Waals surface area contributed by atoms with Gasteiger partial charge in [-0.15, -0.1) is 0 Å². The van der Waals surface area contributed by atoms with E-state index in [4.69, 9.17) is 4.74 Å². The maximum Gasteiger partial charge on any atom is 0.191 e. The molecule has 0 aliphatic heterocycles. The molecule has 1 unspecified atom stereocenters. The van der Waals surface area contributed by atoms with E-state index in [1.165, 1.54) is 0 Å². The first-order chi connectivity index (χ1) is 8.51. The molecular weight excluding hydrogens is 226 g/mol. The molecule has 0 aromatic rings. The van der Waals surface area contributed by atoms with Crippen molar-refractivity contribution in [2.24, 2.45) is 10.9 Å². The minimum absolute atomic E-state index is 0.306. The fraction of sp³-hybridized carbons (Fsp3) is 0.929. The Morgan fingerprint density at radius 1 is 1.17 bits per heavy atom. The summed E-state index contributed by atoms with van der Waals surface area (Å²) in [5.74, 6) is 1.44. The molecule has 4 nitrogen and oxygen atoms in total. The molecule has 1 atom stereocenters. The summed E-state index contributed by atoms with van der Waals surface area (Å²) in [5.41, 5.74) is 0. The maximum absolute atomic E-state index is 5.72. The summed E-state index contributed by atoms with van der Waals surface area (Å²) in [7, 11) is 0. The average molecular weight is 257 g/mol. The van der Waals surface area contributed by atoms with Crippen LogP contribution >= 0.6 is 0 Å². The van der Waals surface area contributed by atoms with Crippen LogP contribution in [0.2, 0.25) is 0 Å². The molecule has 0 aliphatic rings. The summed E-state index contributed by atoms with van der Waals surface area (Å²) in [6, 6.07) is 0.399. The second-order valence-electron chi connectivity index (χ2n) is 5.09. The monoisotopic (exact) mass is 257 g/mol. The molecule has 0 aromatic heterocycles. The fourth-order valence-electron chi connectivity index (χ4n) is 1.72. The lowest BCUT2D eigenvalue weighted by Gasteiger charge is -2.20. The van der Waals surface area contributed by atoms with Gasteiger partial charge in [-0.3, -0.25) is 4.99 Å². The van der Waals surface area contributed by atoms with Crippen LogP contribution in [-0.2, 0) is 4.74 Å². The van der Waals surface area contributed by atoms with Crippen LogP contribution in [0.25, 0.3) is 0 Å². The van der Waals surface area contributed by atoms with Crippen LogP contribution in [0.1, 0.15) is 48.0 Å². The number of rotatable bonds is 8. The van der Waals surface area contributed by atoms with Gasteiger partial charge in [0.1, 0.15) is 0 Å². The third kappa shape index (κ3) is 8.34. The number of hydrogen-bond donors (Lipinski definition) is 2. The largest absolute Gasteiger partial charge is 0.378 e. The number of nitrogens with zero attached hydrogens (tertiary/aromatic N) is 1. The standard InChI is InChI=1S/C14H31N3O/c1-7-15-14(17-12(5)6)16-10-9-13(11(3)4)18-8-2/h11-13H,7-10H2,1-6H3,(H2,15,16,17). The smallest absolute Gasteiger partial charge is 0.191 e. The Bertz CT molecular complexity index is 227. The Morgan fingerprint density at radius 3 is 2.28 bits per heavy atom. The van der Waals surface area contributed by atoms with E-state index in [2.05, 4.69) is 50.2 Å². The molecule has 0 saturated carbocycles. The van der Waals surface area contributed by atoms with Gasteiger partial charge in [-0.05, 0) is 40.0 Å². The molecule has 0 aromatic carbocycles. The Hall–Kier alpha value is -0.770. The third-order valence-corrected chi connectivity index (χ3v) is 2.58. The molecule has 2 N–H and O–H groups in total. The second-order valence-corrected chi connectivity index (χ2v) is 5.09. The first kappa shape index (κ1) is 17.2. The molecule has 0 aliphatic carbocycles. The highest BCUT2D eigenvalue weighted by molar-refractivity contribution is 5.79. The highest BCUT2D eigenvalue weighted by Gasteiger charge is 2.12. The first-order valence-electron chi connectivity index (χ1n) is 7.17. The summed E-state index contributed by atoms with van der Waals surface area (Å²) < 4.78 is 5.72. The summed E-state index contributed by atoms with van der Waals surface area (Å²) >= 11 is 0. The van der Waals surface area contributed by atoms with E-state index in [9.17, 15) is 0 Å². The van der Waals surface area contributed by atoms with Gasteiger partial charge in [0.25, 0.3) is 0 Å². The highest BCUT2D eigenvalue weighted by Crippen LogP contribution is 2.10. The second kappa shape index (κ2) is 10.2. The van der Waals surface area contributed by atoms with Gasteiger partial charge < -0.3 is 15.4 Å². The predicted molar refractivity (Wildman–Crippen MR) is 79.1 cm³/mol. The lowest BCUT2D eigenvalue weighted by Crippen LogP contribution is -2.41. The lowest BCUT2D eigenvalue weighted by atomic mass is 10.0. The van der Waals surface area contributed by atoms with Crippen LogP contribution in [0, 0.1) is 5.92 Å². The van der Waals surface area contributed by atoms with Crippen molar-refractivity contribution in [1.82, 2.24) is 10.6 Å². The number of ether oxygens (including phenoxy) is 1. The van der Waals surface area contributed by atoms with Crippen molar-refractivity contribution in [2.75, 3.05) is 19.7 Å². The topological polar surface area (TPSA) is 45.7 Å². The van der Waals surface area contributed by atoms with E-state index in [0.717, 1.165) is 32.1 Å². The number of nitrogens with one attached hydrogen (secondary N) is 2. The molecule has 4 heteroatoms. The van der Waals surface area contributed by atoms with Gasteiger partial charge >= 0.3 is 0 Å². The van der Waals surface area contributed by atoms with Crippen molar-refractivity contribution in [3.8, 4) is 0 Å². The predicted octanol–water partition coefficient (Wildman–Crippen LogP) is 2.40. The Morgan fingerprint density at radius 2 is 1.83 bits per heavy atom. The summed E-state index contributed by atoms with van der Waals surface area (Å²) in [6.45, 7) is 15.2. The van der Waals surface area contributed by atoms with E-state index < -0.39 is 0 Å². The first-order valence-corrected chi connectivity index (χ1v) is 7.17. The van der Waals surface area contributed by atoms with Gasteiger partial charge in [-0.25, -0.2) is 0 Å². The van der Waals surface area contributed by atoms with Gasteiger partial charge in [0.05, 0.1) is 6.10 Å². The van der Waals surface area contributed by atoms with E-state index in [1.54, 1.807) is 0 Å². The van der Waals surface area contributed by atoms with Gasteiger partial charge in [-0.2, -0.15) is 0 Å². The highest BCUT2D eigenvalue weighted by atomic mass is 16.5. The van der Waals surface area contributed by atoms with Crippen molar-refractivity contribution in [3.05, 3.63) is 0 Å². The summed E-state index contributed by atoms with van der Waals surface area (Å²) in [4.78, 5) is 4.57. The van der Waals surface area contributed by atoms with Crippen LogP contribution in [0.3, 0.4) is 0 Å². The van der Waals surface area contributed by atoms with Gasteiger partial charge in [0.2, 0.25) is 0 Å². The van der Waals surface area contributed by atoms with Gasteiger partial charge in [0.15, 0.2) is 5.96 Å². The lowest BCUT2D eigenvalue weighted by molar-refractivity contribution is 0.0266. The van der Waals surface area contributed by atoms with Crippen molar-refractivity contribution < 1.29 is 4.74 Å². The minimum Gasteiger partial charge on any atom is -0.378 e. The molecule has 0 rings (SSSR count). The van der Waals surface area contributed by atoms with Crippen LogP contribution in [0.15, 0.2) is 4.99 Å². The molecule has 0 amide bonds. The van der Waals surface area contributed by atoms with Gasteiger partial charge in [0, 0.05) is 25.7 Å². The average Bonchev–Trinajstić information content (AvgIpc) is 2.27. The van der Waals surface area contributed by atoms with Crippen LogP contribution in [0.5, 0.6) is 0 Å². The van der Waals surface area contributed by atoms with E-state index in [1.807, 2.05) is 6.92 Å². The molecule has 0 radical (unpaired) electrons. The van der Waals surface area contributed by atoms with Crippen LogP contribution < -0.4 is 10.6 Å². The molecule has 108 valence electrons. The Kier molecular flexibility index (Phi) is 9.74. The molecule has 0 saturated heterocycles. The minimum atomic E-state index is 0.306. The number of guanidine groups is 1. The van der Waals surface area contributed by atoms with Crippen LogP contribution in [-0.4, -0.2) is 37.8 Å². The molecular formula is C14H31N3O. The summed E-state index contributed by atoms with van der Waals surface area (Å²) in [6.07, 6.45) is 1.28. The van der Waals surface area contributed by atoms with Crippen LogP contribution in [0.4, 0.5) is 0 Å². The van der Waals surface area contributed by atoms with Crippen molar-refractivity contribution >= 4 is 5.96 Å².